The molecule has 0 radical (unpaired) electrons. The lowest BCUT2D eigenvalue weighted by molar-refractivity contribution is -0.0640. The van der Waals surface area contributed by atoms with Crippen molar-refractivity contribution < 1.29 is 10.2 Å². The fourth-order valence-electron chi connectivity index (χ4n) is 2.78. The van der Waals surface area contributed by atoms with Gasteiger partial charge in [0.05, 0.1) is 16.8 Å². The molecule has 134 valence electrons. The van der Waals surface area contributed by atoms with Gasteiger partial charge in [-0.25, -0.2) is 0 Å². The molecule has 2 nitrogen and oxygen atoms in total. The van der Waals surface area contributed by atoms with Crippen LogP contribution in [0.3, 0.4) is 0 Å². The Morgan fingerprint density at radius 3 is 1.64 bits per heavy atom. The molecule has 0 aliphatic carbocycles. The normalized spacial score (nSPS) is 17.6. The molecule has 0 aromatic heterocycles. The van der Waals surface area contributed by atoms with Crippen LogP contribution in [0, 0.1) is 16.7 Å². The molecule has 0 fully saturated rings. The summed E-state index contributed by atoms with van der Waals surface area (Å²) in [6.07, 6.45) is 0.274. The van der Waals surface area contributed by atoms with Gasteiger partial charge in [0.1, 0.15) is 0 Å². The van der Waals surface area contributed by atoms with Crippen LogP contribution in [0.2, 0.25) is 0 Å². The maximum absolute atomic E-state index is 10.8. The Hall–Kier alpha value is 0.620. The molecule has 0 heterocycles. The standard InChI is InChI=1S/C18H38O2S2/c1-9-21-15(22-10-2)11-13(18(6,7)8)16(20)14(19)12-17(3,4)5/h13-16,19-20H,9-12H2,1-8H3/t13-,14+,16+/m0/s1. The Balaban J connectivity index is 5.03. The summed E-state index contributed by atoms with van der Waals surface area (Å²) >= 11 is 3.92. The highest BCUT2D eigenvalue weighted by molar-refractivity contribution is 8.16. The quantitative estimate of drug-likeness (QED) is 0.572. The number of hydrogen-bond acceptors (Lipinski definition) is 4. The van der Waals surface area contributed by atoms with Gasteiger partial charge in [-0.15, -0.1) is 23.5 Å². The smallest absolute Gasteiger partial charge is 0.0833 e. The molecule has 0 aliphatic rings. The first-order chi connectivity index (χ1) is 9.92. The minimum atomic E-state index is -0.656. The predicted octanol–water partition coefficient (Wildman–Crippen LogP) is 5.03. The van der Waals surface area contributed by atoms with Gasteiger partial charge < -0.3 is 10.2 Å². The van der Waals surface area contributed by atoms with Crippen molar-refractivity contribution in [2.45, 2.75) is 85.0 Å². The lowest BCUT2D eigenvalue weighted by Gasteiger charge is -2.39. The third-order valence-corrected chi connectivity index (χ3v) is 6.50. The fourth-order valence-corrected chi connectivity index (χ4v) is 5.42. The van der Waals surface area contributed by atoms with Gasteiger partial charge in [-0.1, -0.05) is 55.4 Å². The first-order valence-corrected chi connectivity index (χ1v) is 10.6. The van der Waals surface area contributed by atoms with E-state index in [-0.39, 0.29) is 16.7 Å². The van der Waals surface area contributed by atoms with Gasteiger partial charge >= 0.3 is 0 Å². The zero-order chi connectivity index (χ0) is 17.6. The maximum Gasteiger partial charge on any atom is 0.0833 e. The summed E-state index contributed by atoms with van der Waals surface area (Å²) in [6.45, 7) is 17.2. The van der Waals surface area contributed by atoms with Gasteiger partial charge in [-0.2, -0.15) is 0 Å². The third kappa shape index (κ3) is 9.05. The van der Waals surface area contributed by atoms with E-state index in [9.17, 15) is 10.2 Å². The van der Waals surface area contributed by atoms with Gasteiger partial charge in [0.2, 0.25) is 0 Å². The van der Waals surface area contributed by atoms with Crippen LogP contribution in [0.1, 0.15) is 68.2 Å². The first-order valence-electron chi connectivity index (χ1n) is 8.51. The van der Waals surface area contributed by atoms with Gasteiger partial charge in [0, 0.05) is 0 Å². The second kappa shape index (κ2) is 9.80. The molecule has 0 aromatic rings. The van der Waals surface area contributed by atoms with E-state index in [0.717, 1.165) is 17.9 Å². The SMILES string of the molecule is CCSC(C[C@@H]([C@@H](O)[C@H](O)CC(C)(C)C)C(C)(C)C)SCC. The van der Waals surface area contributed by atoms with E-state index in [2.05, 4.69) is 55.4 Å². The predicted molar refractivity (Wildman–Crippen MR) is 104 cm³/mol. The molecule has 0 saturated heterocycles. The Morgan fingerprint density at radius 1 is 0.864 bits per heavy atom. The molecule has 2 N–H and O–H groups in total. The summed E-state index contributed by atoms with van der Waals surface area (Å²) in [6, 6.07) is 0. The van der Waals surface area contributed by atoms with E-state index in [1.165, 1.54) is 0 Å². The van der Waals surface area contributed by atoms with Crippen LogP contribution in [-0.4, -0.2) is 38.5 Å². The van der Waals surface area contributed by atoms with Gasteiger partial charge in [-0.3, -0.25) is 0 Å². The van der Waals surface area contributed by atoms with Crippen molar-refractivity contribution in [3.05, 3.63) is 0 Å². The average Bonchev–Trinajstić information content (AvgIpc) is 2.32. The van der Waals surface area contributed by atoms with Crippen LogP contribution in [-0.2, 0) is 0 Å². The molecule has 0 spiro atoms. The molecule has 0 aliphatic heterocycles. The van der Waals surface area contributed by atoms with Crippen molar-refractivity contribution >= 4 is 23.5 Å². The highest BCUT2D eigenvalue weighted by atomic mass is 32.2. The summed E-state index contributed by atoms with van der Waals surface area (Å²) in [5, 5.41) is 21.3. The average molecular weight is 351 g/mol. The van der Waals surface area contributed by atoms with Crippen LogP contribution in [0.4, 0.5) is 0 Å². The van der Waals surface area contributed by atoms with Crippen molar-refractivity contribution in [3.63, 3.8) is 0 Å². The van der Waals surface area contributed by atoms with Crippen LogP contribution in [0.15, 0.2) is 0 Å². The Morgan fingerprint density at radius 2 is 1.32 bits per heavy atom. The van der Waals surface area contributed by atoms with Gasteiger partial charge in [0.15, 0.2) is 0 Å². The lowest BCUT2D eigenvalue weighted by Crippen LogP contribution is -2.42. The summed E-state index contributed by atoms with van der Waals surface area (Å²) < 4.78 is 0.496. The van der Waals surface area contributed by atoms with Crippen LogP contribution in [0.25, 0.3) is 0 Å². The Bertz CT molecular complexity index is 288. The Kier molecular flexibility index (Phi) is 10.1. The van der Waals surface area contributed by atoms with Crippen LogP contribution < -0.4 is 0 Å². The van der Waals surface area contributed by atoms with Crippen molar-refractivity contribution in [2.75, 3.05) is 11.5 Å². The van der Waals surface area contributed by atoms with E-state index in [4.69, 9.17) is 0 Å². The summed E-state index contributed by atoms with van der Waals surface area (Å²) in [4.78, 5) is 0. The maximum atomic E-state index is 10.8. The minimum absolute atomic E-state index is 0.0147. The lowest BCUT2D eigenvalue weighted by atomic mass is 9.72. The molecule has 0 aromatic carbocycles. The molecular formula is C18H38O2S2. The highest BCUT2D eigenvalue weighted by Crippen LogP contribution is 2.40. The number of rotatable bonds is 9. The minimum Gasteiger partial charge on any atom is -0.390 e. The zero-order valence-electron chi connectivity index (χ0n) is 15.8. The Labute approximate surface area is 147 Å². The van der Waals surface area contributed by atoms with Gasteiger partial charge in [0.25, 0.3) is 0 Å². The second-order valence-corrected chi connectivity index (χ2v) is 11.6. The molecule has 3 atom stereocenters. The first kappa shape index (κ1) is 22.6. The second-order valence-electron chi connectivity index (χ2n) is 8.37. The third-order valence-electron chi connectivity index (χ3n) is 3.89. The summed E-state index contributed by atoms with van der Waals surface area (Å²) in [5.74, 6) is 2.29. The van der Waals surface area contributed by atoms with E-state index in [0.29, 0.717) is 11.0 Å². The van der Waals surface area contributed by atoms with Crippen molar-refractivity contribution in [3.8, 4) is 0 Å². The molecule has 0 rings (SSSR count). The molecule has 0 bridgehead atoms. The molecule has 0 amide bonds. The monoisotopic (exact) mass is 350 g/mol. The number of thioether (sulfide) groups is 2. The topological polar surface area (TPSA) is 40.5 Å². The van der Waals surface area contributed by atoms with Crippen molar-refractivity contribution in [1.29, 1.82) is 0 Å². The van der Waals surface area contributed by atoms with Crippen molar-refractivity contribution in [1.82, 2.24) is 0 Å². The zero-order valence-corrected chi connectivity index (χ0v) is 17.5. The molecule has 4 heteroatoms. The van der Waals surface area contributed by atoms with E-state index >= 15 is 0 Å². The summed E-state index contributed by atoms with van der Waals surface area (Å²) in [5.41, 5.74) is 0.0116. The molecule has 0 saturated carbocycles. The molecule has 22 heavy (non-hydrogen) atoms. The van der Waals surface area contributed by atoms with Crippen LogP contribution in [0.5, 0.6) is 0 Å². The number of hydrogen-bond donors (Lipinski definition) is 2. The molecular weight excluding hydrogens is 312 g/mol. The van der Waals surface area contributed by atoms with E-state index in [1.807, 2.05) is 23.5 Å². The van der Waals surface area contributed by atoms with E-state index in [1.54, 1.807) is 0 Å². The van der Waals surface area contributed by atoms with Crippen molar-refractivity contribution in [2.24, 2.45) is 16.7 Å². The fraction of sp³-hybridized carbons (Fsp3) is 1.00. The van der Waals surface area contributed by atoms with E-state index < -0.39 is 12.2 Å². The highest BCUT2D eigenvalue weighted by Gasteiger charge is 2.37. The van der Waals surface area contributed by atoms with Gasteiger partial charge in [-0.05, 0) is 41.1 Å². The number of aliphatic hydroxyl groups is 2. The van der Waals surface area contributed by atoms with Crippen LogP contribution >= 0.6 is 23.5 Å². The summed E-state index contributed by atoms with van der Waals surface area (Å²) in [7, 11) is 0. The molecule has 0 unspecified atom stereocenters. The number of aliphatic hydroxyl groups excluding tert-OH is 2. The largest absolute Gasteiger partial charge is 0.390 e.